The van der Waals surface area contributed by atoms with Crippen molar-refractivity contribution in [1.29, 1.82) is 0 Å². The van der Waals surface area contributed by atoms with Crippen LogP contribution < -0.4 is 4.90 Å². The summed E-state index contributed by atoms with van der Waals surface area (Å²) >= 11 is 0. The van der Waals surface area contributed by atoms with Crippen LogP contribution >= 0.6 is 0 Å². The van der Waals surface area contributed by atoms with E-state index in [1.165, 1.54) is 59.0 Å². The van der Waals surface area contributed by atoms with Gasteiger partial charge in [0.15, 0.2) is 0 Å². The molecule has 2 bridgehead atoms. The predicted octanol–water partition coefficient (Wildman–Crippen LogP) is 11.3. The highest BCUT2D eigenvalue weighted by Crippen LogP contribution is 2.67. The van der Waals surface area contributed by atoms with Gasteiger partial charge >= 0.3 is 0 Å². The number of nitrogens with zero attached hydrogens (tertiary/aromatic N) is 1. The minimum Gasteiger partial charge on any atom is -0.456 e. The van der Waals surface area contributed by atoms with Crippen molar-refractivity contribution >= 4 is 49.8 Å². The van der Waals surface area contributed by atoms with Crippen LogP contribution in [0.3, 0.4) is 0 Å². The quantitative estimate of drug-likeness (QED) is 0.216. The molecule has 1 aromatic heterocycles. The van der Waals surface area contributed by atoms with E-state index in [0.717, 1.165) is 39.5 Å². The van der Waals surface area contributed by atoms with Gasteiger partial charge in [0.25, 0.3) is 0 Å². The van der Waals surface area contributed by atoms with Gasteiger partial charge in [-0.3, -0.25) is 0 Å². The molecule has 0 amide bonds. The highest BCUT2D eigenvalue weighted by molar-refractivity contribution is 6.07. The van der Waals surface area contributed by atoms with Crippen LogP contribution in [-0.2, 0) is 5.41 Å². The molecule has 0 radical (unpaired) electrons. The zero-order valence-corrected chi connectivity index (χ0v) is 24.0. The van der Waals surface area contributed by atoms with Crippen molar-refractivity contribution in [2.24, 2.45) is 11.8 Å². The lowest BCUT2D eigenvalue weighted by molar-refractivity contribution is 0.327. The molecule has 7 aromatic rings. The van der Waals surface area contributed by atoms with Gasteiger partial charge in [0.1, 0.15) is 11.2 Å². The largest absolute Gasteiger partial charge is 0.456 e. The number of anilines is 3. The summed E-state index contributed by atoms with van der Waals surface area (Å²) < 4.78 is 6.25. The molecule has 0 saturated heterocycles. The summed E-state index contributed by atoms with van der Waals surface area (Å²) in [7, 11) is 0. The number of furan rings is 1. The molecule has 2 heteroatoms. The minimum absolute atomic E-state index is 0.143. The minimum atomic E-state index is 0.143. The number of benzene rings is 6. The second-order valence-corrected chi connectivity index (χ2v) is 12.9. The Morgan fingerprint density at radius 1 is 0.605 bits per heavy atom. The van der Waals surface area contributed by atoms with Crippen LogP contribution in [0.1, 0.15) is 36.8 Å². The molecule has 2 fully saturated rings. The highest BCUT2D eigenvalue weighted by atomic mass is 16.3. The van der Waals surface area contributed by atoms with Gasteiger partial charge in [-0.05, 0) is 101 Å². The summed E-state index contributed by atoms with van der Waals surface area (Å²) in [6.07, 6.45) is 5.40. The lowest BCUT2D eigenvalue weighted by Crippen LogP contribution is -2.31. The van der Waals surface area contributed by atoms with Gasteiger partial charge in [-0.1, -0.05) is 91.3 Å². The second kappa shape index (κ2) is 8.61. The van der Waals surface area contributed by atoms with Crippen LogP contribution in [0.15, 0.2) is 132 Å². The van der Waals surface area contributed by atoms with E-state index in [2.05, 4.69) is 126 Å². The first-order chi connectivity index (χ1) is 21.3. The molecule has 1 spiro atoms. The first-order valence-corrected chi connectivity index (χ1v) is 15.7. The zero-order valence-electron chi connectivity index (χ0n) is 24.0. The summed E-state index contributed by atoms with van der Waals surface area (Å²) in [5.74, 6) is 1.58. The van der Waals surface area contributed by atoms with E-state index in [0.29, 0.717) is 0 Å². The molecule has 3 aliphatic carbocycles. The van der Waals surface area contributed by atoms with Crippen LogP contribution in [0.25, 0.3) is 43.8 Å². The summed E-state index contributed by atoms with van der Waals surface area (Å²) in [5.41, 5.74) is 11.5. The third kappa shape index (κ3) is 3.19. The zero-order chi connectivity index (χ0) is 28.1. The van der Waals surface area contributed by atoms with Crippen molar-refractivity contribution < 1.29 is 4.42 Å². The molecule has 10 rings (SSSR count). The third-order valence-electron chi connectivity index (χ3n) is 10.9. The maximum Gasteiger partial charge on any atom is 0.135 e. The topological polar surface area (TPSA) is 16.4 Å². The standard InChI is InChI=1S/C41H31NO/c1-2-9-28-23-30(19-17-27(28)8-1)42(31-20-21-39-34(24-31)32-10-4-6-15-38(32)43-39)37-14-7-13-36-40(37)33-11-3-5-12-35(33)41(36)25-26-16-18-29(41)22-26/h1-15,17,19-21,23-24,26,29H,16,18,22,25H2. The molecule has 1 heterocycles. The molecule has 2 saturated carbocycles. The van der Waals surface area contributed by atoms with Gasteiger partial charge in [-0.15, -0.1) is 0 Å². The Morgan fingerprint density at radius 2 is 1.37 bits per heavy atom. The number of hydrogen-bond acceptors (Lipinski definition) is 2. The van der Waals surface area contributed by atoms with E-state index in [-0.39, 0.29) is 5.41 Å². The third-order valence-corrected chi connectivity index (χ3v) is 10.9. The monoisotopic (exact) mass is 553 g/mol. The summed E-state index contributed by atoms with van der Waals surface area (Å²) in [4.78, 5) is 2.50. The maximum absolute atomic E-state index is 6.25. The average Bonchev–Trinajstić information content (AvgIpc) is 3.83. The second-order valence-electron chi connectivity index (χ2n) is 12.9. The van der Waals surface area contributed by atoms with Crippen molar-refractivity contribution in [3.05, 3.63) is 139 Å². The summed E-state index contributed by atoms with van der Waals surface area (Å²) in [6, 6.07) is 47.0. The molecular weight excluding hydrogens is 522 g/mol. The Morgan fingerprint density at radius 3 is 2.28 bits per heavy atom. The lowest BCUT2D eigenvalue weighted by Gasteiger charge is -2.37. The molecule has 206 valence electrons. The van der Waals surface area contributed by atoms with Crippen LogP contribution in [0, 0.1) is 11.8 Å². The van der Waals surface area contributed by atoms with Gasteiger partial charge in [0.2, 0.25) is 0 Å². The van der Waals surface area contributed by atoms with E-state index in [4.69, 9.17) is 4.42 Å². The van der Waals surface area contributed by atoms with E-state index in [1.54, 1.807) is 11.1 Å². The highest BCUT2D eigenvalue weighted by Gasteiger charge is 2.57. The molecule has 3 aliphatic rings. The Labute approximate surface area is 251 Å². The van der Waals surface area contributed by atoms with Gasteiger partial charge in [0, 0.05) is 33.1 Å². The van der Waals surface area contributed by atoms with Crippen molar-refractivity contribution in [1.82, 2.24) is 0 Å². The first kappa shape index (κ1) is 23.7. The van der Waals surface area contributed by atoms with Gasteiger partial charge in [-0.25, -0.2) is 0 Å². The van der Waals surface area contributed by atoms with Crippen molar-refractivity contribution in [2.45, 2.75) is 31.1 Å². The van der Waals surface area contributed by atoms with E-state index < -0.39 is 0 Å². The van der Waals surface area contributed by atoms with Gasteiger partial charge in [-0.2, -0.15) is 0 Å². The smallest absolute Gasteiger partial charge is 0.135 e. The van der Waals surface area contributed by atoms with Crippen molar-refractivity contribution in [3.8, 4) is 11.1 Å². The number of para-hydroxylation sites is 1. The van der Waals surface area contributed by atoms with Crippen LogP contribution in [0.5, 0.6) is 0 Å². The molecule has 3 atom stereocenters. The predicted molar refractivity (Wildman–Crippen MR) is 178 cm³/mol. The average molecular weight is 554 g/mol. The maximum atomic E-state index is 6.25. The van der Waals surface area contributed by atoms with Crippen LogP contribution in [-0.4, -0.2) is 0 Å². The molecule has 43 heavy (non-hydrogen) atoms. The Hall–Kier alpha value is -4.82. The van der Waals surface area contributed by atoms with Gasteiger partial charge < -0.3 is 9.32 Å². The SMILES string of the molecule is c1ccc2c(c1)-c1c(N(c3ccc4ccccc4c3)c3ccc4oc5ccccc5c4c3)cccc1C21CC2CCC1C2. The summed E-state index contributed by atoms with van der Waals surface area (Å²) in [6.45, 7) is 0. The molecule has 6 aromatic carbocycles. The Bertz CT molecular complexity index is 2240. The molecule has 0 N–H and O–H groups in total. The van der Waals surface area contributed by atoms with Crippen LogP contribution in [0.2, 0.25) is 0 Å². The summed E-state index contributed by atoms with van der Waals surface area (Å²) in [5, 5.41) is 4.81. The molecule has 0 aliphatic heterocycles. The van der Waals surface area contributed by atoms with Crippen LogP contribution in [0.4, 0.5) is 17.1 Å². The van der Waals surface area contributed by atoms with Crippen molar-refractivity contribution in [3.63, 3.8) is 0 Å². The lowest BCUT2D eigenvalue weighted by atomic mass is 9.67. The fraction of sp³-hybridized carbons (Fsp3) is 0.171. The molecule has 2 nitrogen and oxygen atoms in total. The fourth-order valence-electron chi connectivity index (χ4n) is 9.20. The Kier molecular flexibility index (Phi) is 4.75. The van der Waals surface area contributed by atoms with Gasteiger partial charge in [0.05, 0.1) is 5.69 Å². The van der Waals surface area contributed by atoms with E-state index >= 15 is 0 Å². The number of hydrogen-bond donors (Lipinski definition) is 0. The number of fused-ring (bicyclic) bond motifs is 12. The number of rotatable bonds is 3. The van der Waals surface area contributed by atoms with E-state index in [9.17, 15) is 0 Å². The first-order valence-electron chi connectivity index (χ1n) is 15.7. The Balaban J connectivity index is 1.26. The van der Waals surface area contributed by atoms with Crippen molar-refractivity contribution in [2.75, 3.05) is 4.90 Å². The molecule has 3 unspecified atom stereocenters. The molecular formula is C41H31NO. The normalized spacial score (nSPS) is 21.7. The van der Waals surface area contributed by atoms with E-state index in [1.807, 2.05) is 6.07 Å². The fourth-order valence-corrected chi connectivity index (χ4v) is 9.20.